The molecule has 0 saturated heterocycles. The zero-order valence-electron chi connectivity index (χ0n) is 14.6. The average molecular weight is 437 g/mol. The molecule has 0 aliphatic carbocycles. The molecule has 0 aliphatic heterocycles. The van der Waals surface area contributed by atoms with E-state index in [1.165, 1.54) is 29.8 Å². The van der Waals surface area contributed by atoms with E-state index in [0.717, 1.165) is 9.88 Å². The van der Waals surface area contributed by atoms with Crippen molar-refractivity contribution in [1.82, 2.24) is 25.0 Å². The highest BCUT2D eigenvalue weighted by atomic mass is 35.5. The van der Waals surface area contributed by atoms with Crippen LogP contribution in [0.5, 0.6) is 0 Å². The molecule has 3 heterocycles. The van der Waals surface area contributed by atoms with Crippen molar-refractivity contribution < 1.29 is 13.6 Å². The fourth-order valence-electron chi connectivity index (χ4n) is 2.44. The first-order valence-corrected chi connectivity index (χ1v) is 10.3. The molecule has 0 aromatic carbocycles. The Labute approximate surface area is 172 Å². The van der Waals surface area contributed by atoms with Gasteiger partial charge in [0.25, 0.3) is 5.91 Å². The first-order chi connectivity index (χ1) is 13.4. The quantitative estimate of drug-likeness (QED) is 0.433. The van der Waals surface area contributed by atoms with Gasteiger partial charge in [0.2, 0.25) is 0 Å². The second-order valence-corrected chi connectivity index (χ2v) is 8.12. The fourth-order valence-corrected chi connectivity index (χ4v) is 3.75. The standard InChI is InChI=1S/C17H16ClN5O3S2/c1-10-19-8-13(27-10)9-22-17(24)14-4-2-11(6-20-14)16(23-28(25)26)12-3-5-15(18)21-7-12/h2-8,16,23H,9H2,1H3,(H,22,24)(H,25,26)/p-1. The molecule has 28 heavy (non-hydrogen) atoms. The van der Waals surface area contributed by atoms with E-state index in [0.29, 0.717) is 22.8 Å². The van der Waals surface area contributed by atoms with Crippen LogP contribution >= 0.6 is 22.9 Å². The van der Waals surface area contributed by atoms with Crippen LogP contribution < -0.4 is 10.0 Å². The van der Waals surface area contributed by atoms with Crippen molar-refractivity contribution in [2.75, 3.05) is 0 Å². The van der Waals surface area contributed by atoms with Gasteiger partial charge in [-0.2, -0.15) is 0 Å². The third-order valence-electron chi connectivity index (χ3n) is 3.74. The summed E-state index contributed by atoms with van der Waals surface area (Å²) >= 11 is 4.78. The summed E-state index contributed by atoms with van der Waals surface area (Å²) < 4.78 is 24.8. The predicted octanol–water partition coefficient (Wildman–Crippen LogP) is 2.30. The summed E-state index contributed by atoms with van der Waals surface area (Å²) in [5.41, 5.74) is 1.37. The van der Waals surface area contributed by atoms with Crippen LogP contribution in [0.25, 0.3) is 0 Å². The number of aromatic nitrogens is 3. The number of nitrogens with zero attached hydrogens (tertiary/aromatic N) is 3. The second kappa shape index (κ2) is 9.30. The number of amides is 1. The Hall–Kier alpha value is -2.24. The molecule has 8 nitrogen and oxygen atoms in total. The number of carbonyl (C=O) groups is 1. The van der Waals surface area contributed by atoms with Crippen molar-refractivity contribution >= 4 is 40.1 Å². The summed E-state index contributed by atoms with van der Waals surface area (Å²) in [5, 5.41) is 4.00. The topological polar surface area (TPSA) is 120 Å². The van der Waals surface area contributed by atoms with E-state index in [2.05, 4.69) is 25.0 Å². The summed E-state index contributed by atoms with van der Waals surface area (Å²) in [7, 11) is 0. The van der Waals surface area contributed by atoms with Gasteiger partial charge in [0, 0.05) is 34.7 Å². The summed E-state index contributed by atoms with van der Waals surface area (Å²) in [6.45, 7) is 2.26. The molecule has 1 amide bonds. The highest BCUT2D eigenvalue weighted by Gasteiger charge is 2.16. The second-order valence-electron chi connectivity index (χ2n) is 5.70. The van der Waals surface area contributed by atoms with Gasteiger partial charge in [-0.15, -0.1) is 11.3 Å². The van der Waals surface area contributed by atoms with Crippen molar-refractivity contribution in [3.05, 3.63) is 74.7 Å². The van der Waals surface area contributed by atoms with Crippen molar-refractivity contribution in [3.63, 3.8) is 0 Å². The first kappa shape index (κ1) is 20.5. The van der Waals surface area contributed by atoms with E-state index in [1.807, 2.05) is 6.92 Å². The smallest absolute Gasteiger partial charge is 0.270 e. The summed E-state index contributed by atoms with van der Waals surface area (Å²) in [6, 6.07) is 5.70. The SMILES string of the molecule is Cc1ncc(CNC(=O)c2ccc(C(NS(=O)[O-])c3ccc(Cl)nc3)cn2)s1. The molecule has 11 heteroatoms. The van der Waals surface area contributed by atoms with Crippen LogP contribution in [0.4, 0.5) is 0 Å². The Kier molecular flexibility index (Phi) is 6.81. The number of rotatable bonds is 7. The van der Waals surface area contributed by atoms with Crippen LogP contribution in [0, 0.1) is 6.92 Å². The predicted molar refractivity (Wildman–Crippen MR) is 105 cm³/mol. The molecule has 2 atom stereocenters. The zero-order chi connectivity index (χ0) is 20.1. The van der Waals surface area contributed by atoms with Crippen molar-refractivity contribution in [2.45, 2.75) is 19.5 Å². The van der Waals surface area contributed by atoms with Crippen LogP contribution in [0.1, 0.15) is 37.5 Å². The molecule has 0 saturated carbocycles. The lowest BCUT2D eigenvalue weighted by atomic mass is 10.0. The Morgan fingerprint density at radius 3 is 2.43 bits per heavy atom. The molecule has 2 N–H and O–H groups in total. The monoisotopic (exact) mass is 436 g/mol. The molecular formula is C17H15ClN5O3S2-. The van der Waals surface area contributed by atoms with Crippen LogP contribution in [0.15, 0.2) is 42.9 Å². The number of hydrogen-bond donors (Lipinski definition) is 2. The lowest BCUT2D eigenvalue weighted by Gasteiger charge is -2.20. The molecule has 2 unspecified atom stereocenters. The molecular weight excluding hydrogens is 422 g/mol. The number of carbonyl (C=O) groups excluding carboxylic acids is 1. The van der Waals surface area contributed by atoms with Gasteiger partial charge in [-0.25, -0.2) is 14.7 Å². The summed E-state index contributed by atoms with van der Waals surface area (Å²) in [5.74, 6) is -0.331. The minimum absolute atomic E-state index is 0.223. The Bertz CT molecular complexity index is 979. The zero-order valence-corrected chi connectivity index (χ0v) is 17.0. The first-order valence-electron chi connectivity index (χ1n) is 8.04. The average Bonchev–Trinajstić information content (AvgIpc) is 3.10. The molecule has 3 aromatic heterocycles. The highest BCUT2D eigenvalue weighted by Crippen LogP contribution is 2.22. The Morgan fingerprint density at radius 2 is 1.89 bits per heavy atom. The van der Waals surface area contributed by atoms with Gasteiger partial charge in [-0.3, -0.25) is 14.0 Å². The van der Waals surface area contributed by atoms with Gasteiger partial charge in [0.05, 0.1) is 17.6 Å². The number of halogens is 1. The Morgan fingerprint density at radius 1 is 1.18 bits per heavy atom. The van der Waals surface area contributed by atoms with Crippen molar-refractivity contribution in [2.24, 2.45) is 0 Å². The van der Waals surface area contributed by atoms with E-state index in [9.17, 15) is 13.6 Å². The maximum absolute atomic E-state index is 12.3. The molecule has 0 fully saturated rings. The lowest BCUT2D eigenvalue weighted by molar-refractivity contribution is 0.0946. The minimum Gasteiger partial charge on any atom is -0.760 e. The number of nitrogens with one attached hydrogen (secondary N) is 2. The van der Waals surface area contributed by atoms with E-state index < -0.39 is 17.3 Å². The lowest BCUT2D eigenvalue weighted by Crippen LogP contribution is -2.26. The van der Waals surface area contributed by atoms with E-state index in [4.69, 9.17) is 11.6 Å². The van der Waals surface area contributed by atoms with E-state index >= 15 is 0 Å². The molecule has 0 spiro atoms. The largest absolute Gasteiger partial charge is 0.760 e. The molecule has 146 valence electrons. The van der Waals surface area contributed by atoms with Gasteiger partial charge in [-0.05, 0) is 30.2 Å². The molecule has 3 aromatic rings. The van der Waals surface area contributed by atoms with Crippen LogP contribution in [0.3, 0.4) is 0 Å². The maximum atomic E-state index is 12.3. The maximum Gasteiger partial charge on any atom is 0.270 e. The van der Waals surface area contributed by atoms with Crippen molar-refractivity contribution in [3.8, 4) is 0 Å². The third-order valence-corrected chi connectivity index (χ3v) is 5.31. The molecule has 0 aliphatic rings. The molecule has 3 rings (SSSR count). The van der Waals surface area contributed by atoms with E-state index in [1.54, 1.807) is 24.4 Å². The van der Waals surface area contributed by atoms with E-state index in [-0.39, 0.29) is 11.6 Å². The fraction of sp³-hybridized carbons (Fsp3) is 0.176. The summed E-state index contributed by atoms with van der Waals surface area (Å²) in [6.07, 6.45) is 4.64. The van der Waals surface area contributed by atoms with Crippen LogP contribution in [-0.4, -0.2) is 29.6 Å². The van der Waals surface area contributed by atoms with Gasteiger partial charge >= 0.3 is 0 Å². The van der Waals surface area contributed by atoms with Gasteiger partial charge in [-0.1, -0.05) is 23.7 Å². The molecule has 0 bridgehead atoms. The highest BCUT2D eigenvalue weighted by molar-refractivity contribution is 7.77. The van der Waals surface area contributed by atoms with Gasteiger partial charge in [0.1, 0.15) is 10.8 Å². The Balaban J connectivity index is 1.73. The van der Waals surface area contributed by atoms with Crippen LogP contribution in [0.2, 0.25) is 5.15 Å². The minimum atomic E-state index is -2.51. The number of hydrogen-bond acceptors (Lipinski definition) is 7. The molecule has 0 radical (unpaired) electrons. The number of thiazole rings is 1. The van der Waals surface area contributed by atoms with Gasteiger partial charge < -0.3 is 9.87 Å². The third kappa shape index (κ3) is 5.40. The van der Waals surface area contributed by atoms with Gasteiger partial charge in [0.15, 0.2) is 0 Å². The van der Waals surface area contributed by atoms with Crippen molar-refractivity contribution in [1.29, 1.82) is 0 Å². The normalized spacial score (nSPS) is 13.1. The van der Waals surface area contributed by atoms with Crippen LogP contribution in [-0.2, 0) is 17.8 Å². The number of pyridine rings is 2. The number of aryl methyl sites for hydroxylation is 1. The summed E-state index contributed by atoms with van der Waals surface area (Å²) in [4.78, 5) is 25.5.